The third-order valence-corrected chi connectivity index (χ3v) is 3.21. The standard InChI is InChI=1S/C13H21N2/c1-8-9(2)13(12(5)15(6)7)11(4)14-10(8)3/h1-7H3/q+1. The van der Waals surface area contributed by atoms with E-state index in [0.29, 0.717) is 0 Å². The molecule has 0 aliphatic carbocycles. The highest BCUT2D eigenvalue weighted by Crippen LogP contribution is 2.19. The quantitative estimate of drug-likeness (QED) is 0.508. The largest absolute Gasteiger partial charge is 0.257 e. The molecular formula is C13H21N2+. The number of pyridine rings is 1. The van der Waals surface area contributed by atoms with E-state index < -0.39 is 0 Å². The Morgan fingerprint density at radius 2 is 1.47 bits per heavy atom. The smallest absolute Gasteiger partial charge is 0.181 e. The van der Waals surface area contributed by atoms with Crippen molar-refractivity contribution in [1.29, 1.82) is 0 Å². The van der Waals surface area contributed by atoms with Crippen LogP contribution >= 0.6 is 0 Å². The molecular weight excluding hydrogens is 184 g/mol. The molecule has 0 amide bonds. The summed E-state index contributed by atoms with van der Waals surface area (Å²) in [6, 6.07) is 0. The molecule has 0 saturated carbocycles. The zero-order chi connectivity index (χ0) is 11.7. The van der Waals surface area contributed by atoms with Crippen LogP contribution < -0.4 is 0 Å². The normalized spacial score (nSPS) is 10.3. The van der Waals surface area contributed by atoms with Gasteiger partial charge in [0, 0.05) is 12.6 Å². The van der Waals surface area contributed by atoms with Gasteiger partial charge in [-0.3, -0.25) is 4.98 Å². The first-order valence-electron chi connectivity index (χ1n) is 5.32. The van der Waals surface area contributed by atoms with Crippen LogP contribution in [0.5, 0.6) is 0 Å². The van der Waals surface area contributed by atoms with Gasteiger partial charge in [-0.1, -0.05) is 0 Å². The van der Waals surface area contributed by atoms with Gasteiger partial charge in [-0.15, -0.1) is 0 Å². The molecule has 0 aromatic carbocycles. The van der Waals surface area contributed by atoms with E-state index in [1.54, 1.807) is 0 Å². The third kappa shape index (κ3) is 2.09. The minimum Gasteiger partial charge on any atom is -0.257 e. The van der Waals surface area contributed by atoms with E-state index in [0.717, 1.165) is 11.4 Å². The Balaban J connectivity index is 3.57. The summed E-state index contributed by atoms with van der Waals surface area (Å²) in [6.07, 6.45) is 0. The fourth-order valence-electron chi connectivity index (χ4n) is 1.88. The average molecular weight is 205 g/mol. The Labute approximate surface area is 92.7 Å². The lowest BCUT2D eigenvalue weighted by atomic mass is 9.98. The maximum Gasteiger partial charge on any atom is 0.181 e. The first-order valence-corrected chi connectivity index (χ1v) is 5.32. The van der Waals surface area contributed by atoms with E-state index in [4.69, 9.17) is 0 Å². The van der Waals surface area contributed by atoms with E-state index in [2.05, 4.69) is 58.3 Å². The fraction of sp³-hybridized carbons (Fsp3) is 0.538. The first kappa shape index (κ1) is 11.9. The molecule has 0 radical (unpaired) electrons. The van der Waals surface area contributed by atoms with Crippen LogP contribution in [0, 0.1) is 27.7 Å². The van der Waals surface area contributed by atoms with Gasteiger partial charge in [0.15, 0.2) is 5.71 Å². The molecule has 15 heavy (non-hydrogen) atoms. The van der Waals surface area contributed by atoms with E-state index in [-0.39, 0.29) is 0 Å². The molecule has 0 bridgehead atoms. The van der Waals surface area contributed by atoms with Crippen LogP contribution in [0.15, 0.2) is 0 Å². The molecule has 1 rings (SSSR count). The van der Waals surface area contributed by atoms with Crippen molar-refractivity contribution in [1.82, 2.24) is 4.98 Å². The molecule has 0 fully saturated rings. The van der Waals surface area contributed by atoms with Crippen molar-refractivity contribution in [3.63, 3.8) is 0 Å². The van der Waals surface area contributed by atoms with Crippen LogP contribution in [0.2, 0.25) is 0 Å². The van der Waals surface area contributed by atoms with Crippen molar-refractivity contribution in [3.8, 4) is 0 Å². The van der Waals surface area contributed by atoms with Gasteiger partial charge in [-0.25, -0.2) is 4.58 Å². The summed E-state index contributed by atoms with van der Waals surface area (Å²) in [5.74, 6) is 0. The molecule has 0 spiro atoms. The molecule has 0 saturated heterocycles. The lowest BCUT2D eigenvalue weighted by Gasteiger charge is -2.12. The van der Waals surface area contributed by atoms with Crippen LogP contribution in [0.4, 0.5) is 0 Å². The summed E-state index contributed by atoms with van der Waals surface area (Å²) in [4.78, 5) is 4.59. The predicted octanol–water partition coefficient (Wildman–Crippen LogP) is 2.40. The maximum atomic E-state index is 4.59. The SMILES string of the molecule is CC(c1c(C)nc(C)c(C)c1C)=[N+](C)C. The molecule has 0 aliphatic rings. The number of rotatable bonds is 1. The minimum atomic E-state index is 1.13. The van der Waals surface area contributed by atoms with Gasteiger partial charge >= 0.3 is 0 Å². The van der Waals surface area contributed by atoms with Crippen molar-refractivity contribution >= 4 is 5.71 Å². The van der Waals surface area contributed by atoms with Crippen molar-refractivity contribution in [3.05, 3.63) is 28.1 Å². The average Bonchev–Trinajstić information content (AvgIpc) is 2.14. The fourth-order valence-corrected chi connectivity index (χ4v) is 1.88. The van der Waals surface area contributed by atoms with Crippen molar-refractivity contribution in [2.45, 2.75) is 34.6 Å². The number of nitrogens with zero attached hydrogens (tertiary/aromatic N) is 2. The maximum absolute atomic E-state index is 4.59. The molecule has 82 valence electrons. The molecule has 1 aromatic heterocycles. The molecule has 0 unspecified atom stereocenters. The second kappa shape index (κ2) is 4.13. The Kier molecular flexibility index (Phi) is 3.28. The molecule has 0 N–H and O–H groups in total. The lowest BCUT2D eigenvalue weighted by Crippen LogP contribution is -2.16. The number of aromatic nitrogens is 1. The highest BCUT2D eigenvalue weighted by Gasteiger charge is 2.15. The van der Waals surface area contributed by atoms with E-state index in [1.807, 2.05) is 0 Å². The minimum absolute atomic E-state index is 1.13. The van der Waals surface area contributed by atoms with Crippen LogP contribution in [-0.2, 0) is 0 Å². The number of hydrogen-bond acceptors (Lipinski definition) is 1. The van der Waals surface area contributed by atoms with E-state index in [1.165, 1.54) is 22.4 Å². The summed E-state index contributed by atoms with van der Waals surface area (Å²) in [5, 5.41) is 0. The summed E-state index contributed by atoms with van der Waals surface area (Å²) in [5.41, 5.74) is 7.49. The summed E-state index contributed by atoms with van der Waals surface area (Å²) in [7, 11) is 4.15. The first-order chi connectivity index (χ1) is 6.86. The zero-order valence-electron chi connectivity index (χ0n) is 10.9. The predicted molar refractivity (Wildman–Crippen MR) is 65.1 cm³/mol. The van der Waals surface area contributed by atoms with Gasteiger partial charge in [-0.2, -0.15) is 0 Å². The van der Waals surface area contributed by atoms with Gasteiger partial charge in [0.05, 0.1) is 11.3 Å². The van der Waals surface area contributed by atoms with Crippen molar-refractivity contribution in [2.24, 2.45) is 0 Å². The second-order valence-electron chi connectivity index (χ2n) is 4.39. The van der Waals surface area contributed by atoms with Crippen molar-refractivity contribution < 1.29 is 4.58 Å². The third-order valence-electron chi connectivity index (χ3n) is 3.21. The highest BCUT2D eigenvalue weighted by molar-refractivity contribution is 5.97. The highest BCUT2D eigenvalue weighted by atomic mass is 14.9. The van der Waals surface area contributed by atoms with Gasteiger partial charge in [0.1, 0.15) is 14.1 Å². The zero-order valence-corrected chi connectivity index (χ0v) is 10.9. The topological polar surface area (TPSA) is 15.9 Å². The molecule has 2 heteroatoms. The number of hydrogen-bond donors (Lipinski definition) is 0. The summed E-state index contributed by atoms with van der Waals surface area (Å²) < 4.78 is 2.14. The van der Waals surface area contributed by atoms with E-state index >= 15 is 0 Å². The lowest BCUT2D eigenvalue weighted by molar-refractivity contribution is -0.464. The van der Waals surface area contributed by atoms with Gasteiger partial charge in [0.2, 0.25) is 0 Å². The molecule has 0 aliphatic heterocycles. The Morgan fingerprint density at radius 1 is 0.933 bits per heavy atom. The number of aryl methyl sites for hydroxylation is 2. The Bertz CT molecular complexity index is 425. The van der Waals surface area contributed by atoms with E-state index in [9.17, 15) is 0 Å². The molecule has 0 atom stereocenters. The van der Waals surface area contributed by atoms with Gasteiger partial charge in [0.25, 0.3) is 0 Å². The molecule has 1 aromatic rings. The molecule has 2 nitrogen and oxygen atoms in total. The van der Waals surface area contributed by atoms with Crippen molar-refractivity contribution in [2.75, 3.05) is 14.1 Å². The van der Waals surface area contributed by atoms with Gasteiger partial charge in [-0.05, 0) is 38.8 Å². The second-order valence-corrected chi connectivity index (χ2v) is 4.39. The van der Waals surface area contributed by atoms with Crippen LogP contribution in [0.1, 0.15) is 35.0 Å². The van der Waals surface area contributed by atoms with Crippen LogP contribution in [0.3, 0.4) is 0 Å². The monoisotopic (exact) mass is 205 g/mol. The Morgan fingerprint density at radius 3 is 1.93 bits per heavy atom. The summed E-state index contributed by atoms with van der Waals surface area (Å²) >= 11 is 0. The summed E-state index contributed by atoms with van der Waals surface area (Å²) in [6.45, 7) is 10.6. The molecule has 1 heterocycles. The van der Waals surface area contributed by atoms with Gasteiger partial charge < -0.3 is 0 Å². The van der Waals surface area contributed by atoms with Crippen LogP contribution in [0.25, 0.3) is 0 Å². The van der Waals surface area contributed by atoms with Crippen LogP contribution in [-0.4, -0.2) is 29.4 Å². The Hall–Kier alpha value is -1.18.